The van der Waals surface area contributed by atoms with Crippen molar-refractivity contribution in [2.75, 3.05) is 5.43 Å². The molecule has 2 aromatic heterocycles. The van der Waals surface area contributed by atoms with Gasteiger partial charge in [0.05, 0.1) is 5.52 Å². The van der Waals surface area contributed by atoms with E-state index in [-0.39, 0.29) is 17.3 Å². The van der Waals surface area contributed by atoms with Crippen molar-refractivity contribution in [1.82, 2.24) is 14.6 Å². The molecular formula is C18H19FN4O2S. The SMILES string of the molecule is CCCC(=O)Nn1c(SCc2cccc(F)c2)nc2cc(C)[nH]c2c1=O. The van der Waals surface area contributed by atoms with Gasteiger partial charge >= 0.3 is 0 Å². The van der Waals surface area contributed by atoms with Crippen molar-refractivity contribution in [2.45, 2.75) is 37.6 Å². The fourth-order valence-corrected chi connectivity index (χ4v) is 3.45. The zero-order valence-corrected chi connectivity index (χ0v) is 15.3. The first-order chi connectivity index (χ1) is 12.5. The normalized spacial score (nSPS) is 11.0. The zero-order valence-electron chi connectivity index (χ0n) is 14.5. The Bertz CT molecular complexity index is 1010. The number of aromatic nitrogens is 3. The Labute approximate surface area is 153 Å². The fraction of sp³-hybridized carbons (Fsp3) is 0.278. The number of carbonyl (C=O) groups excluding carboxylic acids is 1. The van der Waals surface area contributed by atoms with Crippen LogP contribution >= 0.6 is 11.8 Å². The van der Waals surface area contributed by atoms with E-state index >= 15 is 0 Å². The Hall–Kier alpha value is -2.61. The minimum Gasteiger partial charge on any atom is -0.353 e. The summed E-state index contributed by atoms with van der Waals surface area (Å²) in [5, 5.41) is 0.357. The summed E-state index contributed by atoms with van der Waals surface area (Å²) in [7, 11) is 0. The first-order valence-corrected chi connectivity index (χ1v) is 9.26. The van der Waals surface area contributed by atoms with E-state index in [9.17, 15) is 14.0 Å². The summed E-state index contributed by atoms with van der Waals surface area (Å²) in [5.41, 5.74) is 4.70. The van der Waals surface area contributed by atoms with Crippen LogP contribution in [0.1, 0.15) is 31.0 Å². The predicted molar refractivity (Wildman–Crippen MR) is 100 cm³/mol. The minimum atomic E-state index is -0.366. The van der Waals surface area contributed by atoms with Crippen LogP contribution in [0.5, 0.6) is 0 Å². The third-order valence-electron chi connectivity index (χ3n) is 3.73. The number of aryl methyl sites for hydroxylation is 1. The Morgan fingerprint density at radius 3 is 2.92 bits per heavy atom. The van der Waals surface area contributed by atoms with E-state index in [0.29, 0.717) is 34.8 Å². The molecule has 0 bridgehead atoms. The number of fused-ring (bicyclic) bond motifs is 1. The van der Waals surface area contributed by atoms with Crippen molar-refractivity contribution in [3.63, 3.8) is 0 Å². The molecule has 26 heavy (non-hydrogen) atoms. The number of hydrogen-bond donors (Lipinski definition) is 2. The van der Waals surface area contributed by atoms with Crippen molar-refractivity contribution in [3.05, 3.63) is 57.8 Å². The third-order valence-corrected chi connectivity index (χ3v) is 4.74. The fourth-order valence-electron chi connectivity index (χ4n) is 2.56. The van der Waals surface area contributed by atoms with E-state index in [4.69, 9.17) is 0 Å². The van der Waals surface area contributed by atoms with Crippen LogP contribution < -0.4 is 11.0 Å². The van der Waals surface area contributed by atoms with Crippen LogP contribution in [0.15, 0.2) is 40.3 Å². The molecule has 1 amide bonds. The molecule has 0 radical (unpaired) electrons. The summed E-state index contributed by atoms with van der Waals surface area (Å²) in [5.74, 6) is -0.156. The standard InChI is InChI=1S/C18H19FN4O2S/c1-3-5-15(24)22-23-17(25)16-14(8-11(2)20-16)21-18(23)26-10-12-6-4-7-13(19)9-12/h4,6-9,20H,3,5,10H2,1-2H3,(H,22,24). The van der Waals surface area contributed by atoms with Crippen LogP contribution in [-0.2, 0) is 10.5 Å². The van der Waals surface area contributed by atoms with Crippen molar-refractivity contribution < 1.29 is 9.18 Å². The highest BCUT2D eigenvalue weighted by Gasteiger charge is 2.15. The van der Waals surface area contributed by atoms with Gasteiger partial charge in [0.2, 0.25) is 5.91 Å². The molecule has 136 valence electrons. The van der Waals surface area contributed by atoms with Gasteiger partial charge in [0, 0.05) is 17.9 Å². The Balaban J connectivity index is 1.97. The number of nitrogens with zero attached hydrogens (tertiary/aromatic N) is 2. The van der Waals surface area contributed by atoms with Gasteiger partial charge in [0.15, 0.2) is 5.16 Å². The van der Waals surface area contributed by atoms with Gasteiger partial charge in [0.1, 0.15) is 11.3 Å². The lowest BCUT2D eigenvalue weighted by Crippen LogP contribution is -2.35. The zero-order chi connectivity index (χ0) is 18.7. The first kappa shape index (κ1) is 18.2. The molecule has 3 aromatic rings. The monoisotopic (exact) mass is 374 g/mol. The molecule has 0 aliphatic heterocycles. The molecule has 0 unspecified atom stereocenters. The highest BCUT2D eigenvalue weighted by Crippen LogP contribution is 2.22. The van der Waals surface area contributed by atoms with E-state index < -0.39 is 0 Å². The highest BCUT2D eigenvalue weighted by atomic mass is 32.2. The average molecular weight is 374 g/mol. The highest BCUT2D eigenvalue weighted by molar-refractivity contribution is 7.98. The number of halogens is 1. The number of nitrogens with one attached hydrogen (secondary N) is 2. The van der Waals surface area contributed by atoms with Gasteiger partial charge in [-0.3, -0.25) is 15.0 Å². The van der Waals surface area contributed by atoms with Gasteiger partial charge in [-0.2, -0.15) is 4.68 Å². The molecule has 2 heterocycles. The average Bonchev–Trinajstić information content (AvgIpc) is 2.97. The summed E-state index contributed by atoms with van der Waals surface area (Å²) >= 11 is 1.26. The molecular weight excluding hydrogens is 355 g/mol. The van der Waals surface area contributed by atoms with Crippen molar-refractivity contribution in [3.8, 4) is 0 Å². The summed E-state index contributed by atoms with van der Waals surface area (Å²) in [4.78, 5) is 32.2. The number of thioether (sulfide) groups is 1. The molecule has 0 aliphatic rings. The van der Waals surface area contributed by atoms with Crippen LogP contribution in [0, 0.1) is 12.7 Å². The van der Waals surface area contributed by atoms with Crippen LogP contribution in [0.2, 0.25) is 0 Å². The maximum atomic E-state index is 13.4. The van der Waals surface area contributed by atoms with Gasteiger partial charge in [-0.05, 0) is 37.1 Å². The van der Waals surface area contributed by atoms with Crippen molar-refractivity contribution in [1.29, 1.82) is 0 Å². The molecule has 8 heteroatoms. The predicted octanol–water partition coefficient (Wildman–Crippen LogP) is 3.33. The summed E-state index contributed by atoms with van der Waals surface area (Å²) in [6.07, 6.45) is 0.978. The van der Waals surface area contributed by atoms with Crippen molar-refractivity contribution in [2.24, 2.45) is 0 Å². The number of benzene rings is 1. The summed E-state index contributed by atoms with van der Waals surface area (Å²) in [6, 6.07) is 8.02. The summed E-state index contributed by atoms with van der Waals surface area (Å²) < 4.78 is 14.5. The number of hydrogen-bond acceptors (Lipinski definition) is 4. The van der Waals surface area contributed by atoms with Crippen LogP contribution in [0.3, 0.4) is 0 Å². The number of amides is 1. The second kappa shape index (κ2) is 7.74. The lowest BCUT2D eigenvalue weighted by Gasteiger charge is -2.12. The smallest absolute Gasteiger partial charge is 0.297 e. The van der Waals surface area contributed by atoms with Crippen LogP contribution in [-0.4, -0.2) is 20.6 Å². The minimum absolute atomic E-state index is 0.258. The van der Waals surface area contributed by atoms with Crippen molar-refractivity contribution >= 4 is 28.7 Å². The molecule has 2 N–H and O–H groups in total. The maximum absolute atomic E-state index is 13.4. The number of aromatic amines is 1. The van der Waals surface area contributed by atoms with E-state index in [1.165, 1.54) is 28.6 Å². The lowest BCUT2D eigenvalue weighted by molar-refractivity contribution is -0.117. The third kappa shape index (κ3) is 3.96. The van der Waals surface area contributed by atoms with Crippen LogP contribution in [0.25, 0.3) is 11.0 Å². The quantitative estimate of drug-likeness (QED) is 0.512. The number of H-pyrrole nitrogens is 1. The molecule has 0 saturated carbocycles. The second-order valence-corrected chi connectivity index (χ2v) is 6.89. The van der Waals surface area contributed by atoms with E-state index in [0.717, 1.165) is 11.3 Å². The van der Waals surface area contributed by atoms with Gasteiger partial charge in [-0.15, -0.1) is 0 Å². The Morgan fingerprint density at radius 2 is 2.19 bits per heavy atom. The van der Waals surface area contributed by atoms with E-state index in [1.807, 2.05) is 13.8 Å². The first-order valence-electron chi connectivity index (χ1n) is 8.27. The molecule has 0 fully saturated rings. The van der Waals surface area contributed by atoms with Crippen LogP contribution in [0.4, 0.5) is 4.39 Å². The van der Waals surface area contributed by atoms with E-state index in [2.05, 4.69) is 15.4 Å². The van der Waals surface area contributed by atoms with Gasteiger partial charge in [-0.1, -0.05) is 30.8 Å². The Kier molecular flexibility index (Phi) is 5.41. The molecule has 1 aromatic carbocycles. The summed E-state index contributed by atoms with van der Waals surface area (Å²) in [6.45, 7) is 3.72. The largest absolute Gasteiger partial charge is 0.353 e. The molecule has 0 atom stereocenters. The van der Waals surface area contributed by atoms with Gasteiger partial charge in [0.25, 0.3) is 5.56 Å². The second-order valence-electron chi connectivity index (χ2n) is 5.95. The Morgan fingerprint density at radius 1 is 1.38 bits per heavy atom. The molecule has 3 rings (SSSR count). The van der Waals surface area contributed by atoms with Gasteiger partial charge < -0.3 is 4.98 Å². The lowest BCUT2D eigenvalue weighted by atomic mass is 10.2. The number of carbonyl (C=O) groups is 1. The molecule has 6 nitrogen and oxygen atoms in total. The number of rotatable bonds is 6. The molecule has 0 spiro atoms. The maximum Gasteiger partial charge on any atom is 0.297 e. The van der Waals surface area contributed by atoms with E-state index in [1.54, 1.807) is 18.2 Å². The molecule has 0 aliphatic carbocycles. The van der Waals surface area contributed by atoms with Gasteiger partial charge in [-0.25, -0.2) is 9.37 Å². The topological polar surface area (TPSA) is 79.8 Å². The molecule has 0 saturated heterocycles.